The fraction of sp³-hybridized carbons (Fsp3) is 0.269. The molecule has 1 aliphatic rings. The fourth-order valence-electron chi connectivity index (χ4n) is 4.41. The van der Waals surface area contributed by atoms with Gasteiger partial charge in [0, 0.05) is 31.2 Å². The number of nitrogens with zero attached hydrogens (tertiary/aromatic N) is 3. The third-order valence-corrected chi connectivity index (χ3v) is 5.83. The van der Waals surface area contributed by atoms with Crippen molar-refractivity contribution in [1.82, 2.24) is 4.98 Å². The third-order valence-electron chi connectivity index (χ3n) is 5.83. The molecule has 0 unspecified atom stereocenters. The van der Waals surface area contributed by atoms with Crippen LogP contribution in [0.3, 0.4) is 0 Å². The molecule has 0 aliphatic carbocycles. The Morgan fingerprint density at radius 2 is 1.78 bits per heavy atom. The van der Waals surface area contributed by atoms with Crippen LogP contribution in [0.2, 0.25) is 0 Å². The van der Waals surface area contributed by atoms with Gasteiger partial charge < -0.3 is 15.1 Å². The highest BCUT2D eigenvalue weighted by Gasteiger charge is 2.28. The molecular weight excluding hydrogens is 400 g/mol. The van der Waals surface area contributed by atoms with Crippen LogP contribution in [0.25, 0.3) is 0 Å². The van der Waals surface area contributed by atoms with E-state index in [9.17, 15) is 9.59 Å². The lowest BCUT2D eigenvalue weighted by Crippen LogP contribution is -2.34. The smallest absolute Gasteiger partial charge is 0.262 e. The van der Waals surface area contributed by atoms with Crippen LogP contribution in [-0.4, -0.2) is 36.9 Å². The Labute approximate surface area is 188 Å². The number of nitrogens with one attached hydrogen (secondary N) is 1. The van der Waals surface area contributed by atoms with Gasteiger partial charge in [-0.15, -0.1) is 0 Å². The first-order valence-corrected chi connectivity index (χ1v) is 10.8. The summed E-state index contributed by atoms with van der Waals surface area (Å²) >= 11 is 0. The van der Waals surface area contributed by atoms with Crippen LogP contribution in [0.4, 0.5) is 17.2 Å². The van der Waals surface area contributed by atoms with Crippen LogP contribution in [-0.2, 0) is 11.2 Å². The summed E-state index contributed by atoms with van der Waals surface area (Å²) in [4.78, 5) is 34.2. The molecule has 0 saturated carbocycles. The Morgan fingerprint density at radius 3 is 2.53 bits per heavy atom. The number of aromatic nitrogens is 1. The second-order valence-electron chi connectivity index (χ2n) is 8.39. The first kappa shape index (κ1) is 21.6. The van der Waals surface area contributed by atoms with Crippen molar-refractivity contribution in [1.29, 1.82) is 0 Å². The number of rotatable bonds is 5. The van der Waals surface area contributed by atoms with Gasteiger partial charge >= 0.3 is 0 Å². The number of hydrogen-bond acceptors (Lipinski definition) is 4. The monoisotopic (exact) mass is 428 g/mol. The first-order valence-electron chi connectivity index (χ1n) is 10.8. The average molecular weight is 429 g/mol. The zero-order valence-corrected chi connectivity index (χ0v) is 19.0. The summed E-state index contributed by atoms with van der Waals surface area (Å²) < 4.78 is 0. The molecule has 1 N–H and O–H groups in total. The highest BCUT2D eigenvalue weighted by molar-refractivity contribution is 6.10. The maximum Gasteiger partial charge on any atom is 0.262 e. The van der Waals surface area contributed by atoms with E-state index in [2.05, 4.69) is 28.5 Å². The van der Waals surface area contributed by atoms with Gasteiger partial charge in [0.15, 0.2) is 0 Å². The maximum absolute atomic E-state index is 13.4. The second kappa shape index (κ2) is 8.83. The van der Waals surface area contributed by atoms with Crippen molar-refractivity contribution in [2.75, 3.05) is 35.3 Å². The van der Waals surface area contributed by atoms with Crippen molar-refractivity contribution in [3.05, 3.63) is 82.5 Å². The number of fused-ring (bicyclic) bond motifs is 1. The zero-order valence-electron chi connectivity index (χ0n) is 19.0. The molecular formula is C26H28N4O2. The van der Waals surface area contributed by atoms with Gasteiger partial charge in [0.05, 0.1) is 12.1 Å². The summed E-state index contributed by atoms with van der Waals surface area (Å²) in [5.74, 6) is 0.239. The van der Waals surface area contributed by atoms with E-state index in [1.807, 2.05) is 39.0 Å². The lowest BCUT2D eigenvalue weighted by molar-refractivity contribution is -0.114. The molecule has 6 nitrogen and oxygen atoms in total. The largest absolute Gasteiger partial charge is 0.350 e. The highest BCUT2D eigenvalue weighted by atomic mass is 16.2. The SMILES string of the molecule is Cc1cc(C)c(NC(=O)CN(C)c2ncccc2C(=O)N2CCc3ccccc32)c(C)c1. The van der Waals surface area contributed by atoms with Gasteiger partial charge in [-0.3, -0.25) is 9.59 Å². The van der Waals surface area contributed by atoms with Crippen LogP contribution >= 0.6 is 0 Å². The minimum atomic E-state index is -0.155. The molecule has 0 radical (unpaired) electrons. The van der Waals surface area contributed by atoms with Crippen LogP contribution in [0.15, 0.2) is 54.7 Å². The maximum atomic E-state index is 13.4. The summed E-state index contributed by atoms with van der Waals surface area (Å²) in [6.45, 7) is 6.74. The standard InChI is InChI=1S/C26H28N4O2/c1-17-14-18(2)24(19(3)15-17)28-23(31)16-29(4)25-21(9-7-12-27-25)26(32)30-13-11-20-8-5-6-10-22(20)30/h5-10,12,14-15H,11,13,16H2,1-4H3,(H,28,31). The van der Waals surface area contributed by atoms with Crippen molar-refractivity contribution >= 4 is 29.0 Å². The molecule has 2 amide bonds. The van der Waals surface area contributed by atoms with E-state index < -0.39 is 0 Å². The van der Waals surface area contributed by atoms with Gasteiger partial charge in [-0.2, -0.15) is 0 Å². The molecule has 32 heavy (non-hydrogen) atoms. The number of carbonyl (C=O) groups excluding carboxylic acids is 2. The minimum Gasteiger partial charge on any atom is -0.350 e. The first-order chi connectivity index (χ1) is 15.3. The zero-order chi connectivity index (χ0) is 22.8. The third kappa shape index (κ3) is 4.21. The molecule has 164 valence electrons. The number of amides is 2. The molecule has 0 fully saturated rings. The van der Waals surface area contributed by atoms with E-state index in [0.29, 0.717) is 17.9 Å². The number of hydrogen-bond donors (Lipinski definition) is 1. The van der Waals surface area contributed by atoms with Crippen LogP contribution in [0, 0.1) is 20.8 Å². The van der Waals surface area contributed by atoms with Crippen molar-refractivity contribution < 1.29 is 9.59 Å². The molecule has 0 bridgehead atoms. The van der Waals surface area contributed by atoms with Crippen molar-refractivity contribution in [3.63, 3.8) is 0 Å². The molecule has 6 heteroatoms. The molecule has 3 aromatic rings. The average Bonchev–Trinajstić information content (AvgIpc) is 3.20. The lowest BCUT2D eigenvalue weighted by atomic mass is 10.1. The lowest BCUT2D eigenvalue weighted by Gasteiger charge is -2.23. The van der Waals surface area contributed by atoms with Gasteiger partial charge in [0.25, 0.3) is 5.91 Å². The topological polar surface area (TPSA) is 65.5 Å². The summed E-state index contributed by atoms with van der Waals surface area (Å²) in [7, 11) is 1.78. The minimum absolute atomic E-state index is 0.0840. The Hall–Kier alpha value is -3.67. The van der Waals surface area contributed by atoms with Crippen molar-refractivity contribution in [3.8, 4) is 0 Å². The van der Waals surface area contributed by atoms with E-state index in [1.54, 1.807) is 35.2 Å². The molecule has 1 aliphatic heterocycles. The number of aryl methyl sites for hydroxylation is 3. The number of likely N-dealkylation sites (N-methyl/N-ethyl adjacent to an activating group) is 1. The second-order valence-corrected chi connectivity index (χ2v) is 8.39. The summed E-state index contributed by atoms with van der Waals surface area (Å²) in [5, 5.41) is 3.02. The number of para-hydroxylation sites is 1. The molecule has 0 atom stereocenters. The molecule has 0 spiro atoms. The number of carbonyl (C=O) groups is 2. The highest BCUT2D eigenvalue weighted by Crippen LogP contribution is 2.30. The van der Waals surface area contributed by atoms with Gasteiger partial charge in [-0.1, -0.05) is 35.9 Å². The Balaban J connectivity index is 1.53. The van der Waals surface area contributed by atoms with E-state index >= 15 is 0 Å². The summed E-state index contributed by atoms with van der Waals surface area (Å²) in [5.41, 5.74) is 6.65. The predicted molar refractivity (Wildman–Crippen MR) is 129 cm³/mol. The number of anilines is 3. The van der Waals surface area contributed by atoms with E-state index in [1.165, 1.54) is 5.56 Å². The quantitative estimate of drug-likeness (QED) is 0.659. The predicted octanol–water partition coefficient (Wildman–Crippen LogP) is 4.28. The van der Waals surface area contributed by atoms with Crippen molar-refractivity contribution in [2.45, 2.75) is 27.2 Å². The summed E-state index contributed by atoms with van der Waals surface area (Å²) in [6, 6.07) is 15.6. The van der Waals surface area contributed by atoms with Gasteiger partial charge in [-0.05, 0) is 62.1 Å². The van der Waals surface area contributed by atoms with E-state index in [0.717, 1.165) is 34.5 Å². The van der Waals surface area contributed by atoms with Gasteiger partial charge in [-0.25, -0.2) is 4.98 Å². The fourth-order valence-corrected chi connectivity index (χ4v) is 4.41. The van der Waals surface area contributed by atoms with E-state index in [-0.39, 0.29) is 18.4 Å². The van der Waals surface area contributed by atoms with Gasteiger partial charge in [0.1, 0.15) is 5.82 Å². The Morgan fingerprint density at radius 1 is 1.06 bits per heavy atom. The Kier molecular flexibility index (Phi) is 5.95. The Bertz CT molecular complexity index is 1160. The van der Waals surface area contributed by atoms with Crippen molar-refractivity contribution in [2.24, 2.45) is 0 Å². The molecule has 2 aromatic carbocycles. The van der Waals surface area contributed by atoms with Gasteiger partial charge in [0.2, 0.25) is 5.91 Å². The van der Waals surface area contributed by atoms with Crippen LogP contribution < -0.4 is 15.1 Å². The molecule has 4 rings (SSSR count). The molecule has 1 aromatic heterocycles. The molecule has 0 saturated heterocycles. The van der Waals surface area contributed by atoms with Crippen LogP contribution in [0.5, 0.6) is 0 Å². The van der Waals surface area contributed by atoms with Crippen LogP contribution in [0.1, 0.15) is 32.6 Å². The number of benzene rings is 2. The molecule has 2 heterocycles. The number of pyridine rings is 1. The normalized spacial score (nSPS) is 12.4. The summed E-state index contributed by atoms with van der Waals surface area (Å²) in [6.07, 6.45) is 2.48. The van der Waals surface area contributed by atoms with E-state index in [4.69, 9.17) is 0 Å².